The van der Waals surface area contributed by atoms with Crippen LogP contribution in [0.5, 0.6) is 0 Å². The molecule has 0 spiro atoms. The number of sulfone groups is 1. The fourth-order valence-electron chi connectivity index (χ4n) is 3.17. The minimum absolute atomic E-state index is 0.0600. The van der Waals surface area contributed by atoms with Crippen molar-refractivity contribution in [2.75, 3.05) is 18.1 Å². The third-order valence-electron chi connectivity index (χ3n) is 4.76. The lowest BCUT2D eigenvalue weighted by atomic mass is 10.1. The quantitative estimate of drug-likeness (QED) is 0.614. The Morgan fingerprint density at radius 2 is 2.00 bits per heavy atom. The molecule has 156 valence electrons. The Balaban J connectivity index is 2.05. The van der Waals surface area contributed by atoms with E-state index in [-0.39, 0.29) is 30.0 Å². The number of fused-ring (bicyclic) bond motifs is 1. The average molecular weight is 435 g/mol. The largest absolute Gasteiger partial charge is 0.351 e. The number of nitrogens with zero attached hydrogens (tertiary/aromatic N) is 3. The van der Waals surface area contributed by atoms with Gasteiger partial charge in [0, 0.05) is 33.7 Å². The number of aryl methyl sites for hydroxylation is 2. The first kappa shape index (κ1) is 21.4. The fourth-order valence-corrected chi connectivity index (χ4v) is 4.80. The maximum Gasteiger partial charge on any atom is 0.252 e. The molecule has 29 heavy (non-hydrogen) atoms. The minimum atomic E-state index is -3.14. The molecule has 1 N–H and O–H groups in total. The molecule has 0 saturated heterocycles. The van der Waals surface area contributed by atoms with Crippen molar-refractivity contribution < 1.29 is 13.2 Å². The summed E-state index contributed by atoms with van der Waals surface area (Å²) in [5.41, 5.74) is 2.81. The predicted octanol–water partition coefficient (Wildman–Crippen LogP) is 3.52. The Bertz CT molecular complexity index is 1160. The van der Waals surface area contributed by atoms with Gasteiger partial charge in [0.25, 0.3) is 5.91 Å². The number of carbonyl (C=O) groups excluding carboxylic acids is 1. The van der Waals surface area contributed by atoms with Gasteiger partial charge >= 0.3 is 0 Å². The molecule has 0 atom stereocenters. The van der Waals surface area contributed by atoms with Gasteiger partial charge in [0.2, 0.25) is 0 Å². The molecule has 0 saturated carbocycles. The first-order valence-electron chi connectivity index (χ1n) is 9.57. The first-order chi connectivity index (χ1) is 13.6. The van der Waals surface area contributed by atoms with Gasteiger partial charge in [0.1, 0.15) is 0 Å². The lowest BCUT2D eigenvalue weighted by Gasteiger charge is -2.11. The summed E-state index contributed by atoms with van der Waals surface area (Å²) in [6.45, 7) is 9.77. The van der Waals surface area contributed by atoms with Crippen molar-refractivity contribution in [3.63, 3.8) is 0 Å². The van der Waals surface area contributed by atoms with Crippen molar-refractivity contribution in [1.29, 1.82) is 0 Å². The smallest absolute Gasteiger partial charge is 0.252 e. The van der Waals surface area contributed by atoms with Gasteiger partial charge in [-0.25, -0.2) is 18.1 Å². The summed E-state index contributed by atoms with van der Waals surface area (Å²) in [6, 6.07) is 3.93. The van der Waals surface area contributed by atoms with Crippen LogP contribution in [0.25, 0.3) is 22.3 Å². The van der Waals surface area contributed by atoms with Crippen LogP contribution in [-0.2, 0) is 9.84 Å². The Hall–Kier alpha value is -2.26. The minimum Gasteiger partial charge on any atom is -0.351 e. The lowest BCUT2D eigenvalue weighted by molar-refractivity contribution is 0.0957. The maximum atomic E-state index is 12.9. The molecule has 3 aromatic heterocycles. The number of amides is 1. The zero-order chi connectivity index (χ0) is 21.3. The molecule has 0 fully saturated rings. The van der Waals surface area contributed by atoms with Crippen molar-refractivity contribution in [3.8, 4) is 11.3 Å². The van der Waals surface area contributed by atoms with Gasteiger partial charge in [0.15, 0.2) is 15.5 Å². The van der Waals surface area contributed by atoms with Crippen molar-refractivity contribution in [2.24, 2.45) is 0 Å². The van der Waals surface area contributed by atoms with Crippen molar-refractivity contribution in [3.05, 3.63) is 33.6 Å². The molecule has 0 radical (unpaired) electrons. The van der Waals surface area contributed by atoms with Crippen LogP contribution >= 0.6 is 11.3 Å². The topological polar surface area (TPSA) is 93.9 Å². The summed E-state index contributed by atoms with van der Waals surface area (Å²) in [7, 11) is -3.14. The Morgan fingerprint density at radius 3 is 2.59 bits per heavy atom. The third-order valence-corrected chi connectivity index (χ3v) is 7.43. The highest BCUT2D eigenvalue weighted by atomic mass is 32.2. The fraction of sp³-hybridized carbons (Fsp3) is 0.450. The molecular formula is C20H26N4O3S2. The Morgan fingerprint density at radius 1 is 1.28 bits per heavy atom. The normalized spacial score (nSPS) is 12.1. The van der Waals surface area contributed by atoms with E-state index >= 15 is 0 Å². The van der Waals surface area contributed by atoms with E-state index in [9.17, 15) is 13.2 Å². The summed E-state index contributed by atoms with van der Waals surface area (Å²) in [6.07, 6.45) is 1.65. The monoisotopic (exact) mass is 434 g/mol. The number of aromatic nitrogens is 3. The second kappa shape index (κ2) is 8.23. The van der Waals surface area contributed by atoms with Gasteiger partial charge in [-0.2, -0.15) is 5.10 Å². The molecule has 0 aliphatic carbocycles. The van der Waals surface area contributed by atoms with E-state index in [1.807, 2.05) is 27.7 Å². The van der Waals surface area contributed by atoms with Gasteiger partial charge in [-0.05, 0) is 39.8 Å². The van der Waals surface area contributed by atoms with Crippen LogP contribution in [-0.4, -0.2) is 47.1 Å². The molecule has 0 bridgehead atoms. The van der Waals surface area contributed by atoms with E-state index in [1.54, 1.807) is 35.2 Å². The zero-order valence-electron chi connectivity index (χ0n) is 17.3. The van der Waals surface area contributed by atoms with Gasteiger partial charge in [-0.15, -0.1) is 11.3 Å². The SMILES string of the molecule is CCS(=O)(=O)CCNC(=O)c1cc(-c2cc(C)sc2C)nc2c1cnn2C(C)C. The second-order valence-corrected chi connectivity index (χ2v) is 11.2. The van der Waals surface area contributed by atoms with Crippen LogP contribution in [0.15, 0.2) is 18.3 Å². The van der Waals surface area contributed by atoms with E-state index in [0.717, 1.165) is 10.4 Å². The van der Waals surface area contributed by atoms with Crippen molar-refractivity contribution in [2.45, 2.75) is 40.7 Å². The van der Waals surface area contributed by atoms with Crippen LogP contribution < -0.4 is 5.32 Å². The van der Waals surface area contributed by atoms with E-state index in [4.69, 9.17) is 4.98 Å². The average Bonchev–Trinajstić information content (AvgIpc) is 3.23. The molecule has 1 amide bonds. The number of pyridine rings is 1. The van der Waals surface area contributed by atoms with E-state index < -0.39 is 9.84 Å². The van der Waals surface area contributed by atoms with Crippen molar-refractivity contribution in [1.82, 2.24) is 20.1 Å². The molecule has 3 rings (SSSR count). The van der Waals surface area contributed by atoms with Crippen LogP contribution in [0.2, 0.25) is 0 Å². The molecule has 0 aliphatic heterocycles. The summed E-state index contributed by atoms with van der Waals surface area (Å²) >= 11 is 1.69. The van der Waals surface area contributed by atoms with Crippen molar-refractivity contribution >= 4 is 38.1 Å². The van der Waals surface area contributed by atoms with Crippen LogP contribution in [0, 0.1) is 13.8 Å². The summed E-state index contributed by atoms with van der Waals surface area (Å²) in [5.74, 6) is -0.340. The van der Waals surface area contributed by atoms with Gasteiger partial charge < -0.3 is 5.32 Å². The highest BCUT2D eigenvalue weighted by molar-refractivity contribution is 7.91. The third kappa shape index (κ3) is 4.51. The molecular weight excluding hydrogens is 408 g/mol. The number of rotatable bonds is 7. The van der Waals surface area contributed by atoms with Gasteiger partial charge in [-0.1, -0.05) is 6.92 Å². The summed E-state index contributed by atoms with van der Waals surface area (Å²) in [4.78, 5) is 20.0. The highest BCUT2D eigenvalue weighted by Gasteiger charge is 2.20. The predicted molar refractivity (Wildman–Crippen MR) is 117 cm³/mol. The van der Waals surface area contributed by atoms with E-state index in [2.05, 4.69) is 16.5 Å². The first-order valence-corrected chi connectivity index (χ1v) is 12.2. The summed E-state index contributed by atoms with van der Waals surface area (Å²) in [5, 5.41) is 7.81. The molecule has 0 aliphatic rings. The second-order valence-electron chi connectivity index (χ2n) is 7.29. The van der Waals surface area contributed by atoms with E-state index in [0.29, 0.717) is 22.3 Å². The van der Waals surface area contributed by atoms with Crippen LogP contribution in [0.1, 0.15) is 46.9 Å². The zero-order valence-corrected chi connectivity index (χ0v) is 18.9. The number of hydrogen-bond donors (Lipinski definition) is 1. The standard InChI is InChI=1S/C20H26N4O3S2/c1-6-29(26,27)8-7-21-20(25)16-10-18(15-9-13(4)28-14(15)5)23-19-17(16)11-22-24(19)12(2)3/h9-12H,6-8H2,1-5H3,(H,21,25). The molecule has 0 unspecified atom stereocenters. The maximum absolute atomic E-state index is 12.9. The number of hydrogen-bond acceptors (Lipinski definition) is 6. The molecule has 3 heterocycles. The summed E-state index contributed by atoms with van der Waals surface area (Å²) < 4.78 is 25.2. The van der Waals surface area contributed by atoms with E-state index in [1.165, 1.54) is 4.88 Å². The molecule has 0 aromatic carbocycles. The van der Waals surface area contributed by atoms with Crippen LogP contribution in [0.3, 0.4) is 0 Å². The highest BCUT2D eigenvalue weighted by Crippen LogP contribution is 2.32. The molecule has 7 nitrogen and oxygen atoms in total. The lowest BCUT2D eigenvalue weighted by Crippen LogP contribution is -2.29. The Kier molecular flexibility index (Phi) is 6.09. The number of nitrogens with one attached hydrogen (secondary N) is 1. The molecule has 3 aromatic rings. The van der Waals surface area contributed by atoms with Gasteiger partial charge in [-0.3, -0.25) is 4.79 Å². The number of carbonyl (C=O) groups is 1. The Labute approximate surface area is 175 Å². The van der Waals surface area contributed by atoms with Crippen LogP contribution in [0.4, 0.5) is 0 Å². The number of thiophene rings is 1. The molecule has 9 heteroatoms. The van der Waals surface area contributed by atoms with Gasteiger partial charge in [0.05, 0.1) is 28.6 Å².